The molecule has 33 heavy (non-hydrogen) atoms. The van der Waals surface area contributed by atoms with Crippen LogP contribution in [0.4, 0.5) is 0 Å². The summed E-state index contributed by atoms with van der Waals surface area (Å²) in [6.45, 7) is 6.23. The Hall–Kier alpha value is -2.20. The van der Waals surface area contributed by atoms with E-state index in [9.17, 15) is 24.9 Å². The van der Waals surface area contributed by atoms with Crippen LogP contribution < -0.4 is 16.7 Å². The van der Waals surface area contributed by atoms with Gasteiger partial charge in [0.1, 0.15) is 6.23 Å². The number of aliphatic hydroxyl groups excluding tert-OH is 3. The summed E-state index contributed by atoms with van der Waals surface area (Å²) >= 11 is 0. The third-order valence-electron chi connectivity index (χ3n) is 7.07. The molecule has 6 N–H and O–H groups in total. The Morgan fingerprint density at radius 2 is 1.88 bits per heavy atom. The van der Waals surface area contributed by atoms with Crippen molar-refractivity contribution >= 4 is 16.9 Å². The van der Waals surface area contributed by atoms with Gasteiger partial charge in [0.15, 0.2) is 0 Å². The molecule has 1 aromatic carbocycles. The Bertz CT molecular complexity index is 1010. The van der Waals surface area contributed by atoms with Crippen molar-refractivity contribution in [1.29, 1.82) is 0 Å². The summed E-state index contributed by atoms with van der Waals surface area (Å²) in [5.41, 5.74) is 6.78. The van der Waals surface area contributed by atoms with Crippen LogP contribution in [0.2, 0.25) is 0 Å². The van der Waals surface area contributed by atoms with E-state index in [0.29, 0.717) is 28.8 Å². The Morgan fingerprint density at radius 1 is 1.18 bits per heavy atom. The summed E-state index contributed by atoms with van der Waals surface area (Å²) in [4.78, 5) is 26.0. The number of imidazole rings is 1. The van der Waals surface area contributed by atoms with E-state index >= 15 is 0 Å². The van der Waals surface area contributed by atoms with E-state index < -0.39 is 18.2 Å². The van der Waals surface area contributed by atoms with Gasteiger partial charge in [0.2, 0.25) is 0 Å². The number of carbonyl (C=O) groups excluding carboxylic acids is 1. The van der Waals surface area contributed by atoms with Gasteiger partial charge in [-0.25, -0.2) is 4.79 Å². The minimum atomic E-state index is -0.970. The zero-order valence-corrected chi connectivity index (χ0v) is 19.8. The molecule has 0 bridgehead atoms. The maximum atomic E-state index is 13.4. The Labute approximate surface area is 194 Å². The maximum absolute atomic E-state index is 13.4. The summed E-state index contributed by atoms with van der Waals surface area (Å²) in [7, 11) is 0. The van der Waals surface area contributed by atoms with Gasteiger partial charge < -0.3 is 26.4 Å². The molecule has 0 aliphatic heterocycles. The van der Waals surface area contributed by atoms with Crippen LogP contribution >= 0.6 is 0 Å². The fraction of sp³-hybridized carbons (Fsp3) is 0.667. The molecule has 3 rings (SSSR count). The quantitative estimate of drug-likeness (QED) is 0.377. The lowest BCUT2D eigenvalue weighted by Crippen LogP contribution is -2.40. The number of aromatic nitrogens is 2. The van der Waals surface area contributed by atoms with Gasteiger partial charge in [0.05, 0.1) is 30.3 Å². The molecule has 0 saturated heterocycles. The fourth-order valence-electron chi connectivity index (χ4n) is 5.25. The first-order valence-electron chi connectivity index (χ1n) is 11.9. The number of nitrogens with zero attached hydrogens (tertiary/aromatic N) is 2. The number of benzene rings is 1. The summed E-state index contributed by atoms with van der Waals surface area (Å²) in [6, 6.07) is 4.08. The highest BCUT2D eigenvalue weighted by Gasteiger charge is 2.37. The molecule has 1 aliphatic rings. The molecule has 1 aliphatic carbocycles. The second kappa shape index (κ2) is 10.8. The standard InChI is InChI=1S/C24H38N4O5/c1-14(2)18-6-4-15(3)10-19(18)23(32)28-20-7-5-16(22(31)26-17(12-29)13-30)11-21(20)27(9-8-25)24(28)33/h5,7,11,14-15,17-19,23,29-30,32H,4,6,8-10,12-13,25H2,1-3H3,(H,26,31)/t15-,18+,19-,23+/m1/s1. The summed E-state index contributed by atoms with van der Waals surface area (Å²) in [5.74, 6) is 0.683. The monoisotopic (exact) mass is 462 g/mol. The number of nitrogens with one attached hydrogen (secondary N) is 1. The highest BCUT2D eigenvalue weighted by Crippen LogP contribution is 2.43. The molecular formula is C24H38N4O5. The second-order valence-electron chi connectivity index (χ2n) is 9.74. The van der Waals surface area contributed by atoms with E-state index in [4.69, 9.17) is 5.73 Å². The molecule has 1 amide bonds. The van der Waals surface area contributed by atoms with Crippen molar-refractivity contribution < 1.29 is 20.1 Å². The van der Waals surface area contributed by atoms with E-state index in [1.54, 1.807) is 18.2 Å². The molecular weight excluding hydrogens is 424 g/mol. The lowest BCUT2D eigenvalue weighted by Gasteiger charge is -2.40. The smallest absolute Gasteiger partial charge is 0.331 e. The summed E-state index contributed by atoms with van der Waals surface area (Å²) in [5, 5.41) is 32.5. The number of hydrogen-bond donors (Lipinski definition) is 5. The van der Waals surface area contributed by atoms with Crippen LogP contribution in [0.1, 0.15) is 56.6 Å². The lowest BCUT2D eigenvalue weighted by atomic mass is 9.69. The number of aliphatic hydroxyl groups is 3. The lowest BCUT2D eigenvalue weighted by molar-refractivity contribution is -0.0297. The van der Waals surface area contributed by atoms with Crippen LogP contribution in [-0.2, 0) is 6.54 Å². The van der Waals surface area contributed by atoms with E-state index in [1.807, 2.05) is 0 Å². The zero-order valence-electron chi connectivity index (χ0n) is 19.8. The number of fused-ring (bicyclic) bond motifs is 1. The Balaban J connectivity index is 2.06. The van der Waals surface area contributed by atoms with Crippen LogP contribution in [0, 0.1) is 23.7 Å². The average molecular weight is 463 g/mol. The van der Waals surface area contributed by atoms with Crippen LogP contribution in [0.25, 0.3) is 11.0 Å². The molecule has 1 saturated carbocycles. The van der Waals surface area contributed by atoms with Crippen molar-refractivity contribution in [3.8, 4) is 0 Å². The molecule has 0 radical (unpaired) electrons. The molecule has 1 heterocycles. The zero-order chi connectivity index (χ0) is 24.3. The highest BCUT2D eigenvalue weighted by atomic mass is 16.3. The van der Waals surface area contributed by atoms with Crippen LogP contribution in [0.15, 0.2) is 23.0 Å². The van der Waals surface area contributed by atoms with Gasteiger partial charge >= 0.3 is 5.69 Å². The predicted octanol–water partition coefficient (Wildman–Crippen LogP) is 1.04. The Morgan fingerprint density at radius 3 is 2.48 bits per heavy atom. The fourth-order valence-corrected chi connectivity index (χ4v) is 5.25. The number of amides is 1. The predicted molar refractivity (Wildman–Crippen MR) is 127 cm³/mol. The average Bonchev–Trinajstić information content (AvgIpc) is 3.07. The second-order valence-corrected chi connectivity index (χ2v) is 9.74. The van der Waals surface area contributed by atoms with Crippen molar-refractivity contribution in [1.82, 2.24) is 14.5 Å². The highest BCUT2D eigenvalue weighted by molar-refractivity contribution is 5.97. The first-order valence-corrected chi connectivity index (χ1v) is 11.9. The largest absolute Gasteiger partial charge is 0.394 e. The van der Waals surface area contributed by atoms with Gasteiger partial charge in [-0.05, 0) is 48.8 Å². The molecule has 1 fully saturated rings. The van der Waals surface area contributed by atoms with Gasteiger partial charge in [-0.3, -0.25) is 13.9 Å². The van der Waals surface area contributed by atoms with E-state index in [0.717, 1.165) is 19.3 Å². The number of hydrogen-bond acceptors (Lipinski definition) is 6. The van der Waals surface area contributed by atoms with Gasteiger partial charge in [-0.2, -0.15) is 0 Å². The molecule has 4 atom stereocenters. The third-order valence-corrected chi connectivity index (χ3v) is 7.07. The van der Waals surface area contributed by atoms with Crippen LogP contribution in [-0.4, -0.2) is 56.2 Å². The van der Waals surface area contributed by atoms with E-state index in [1.165, 1.54) is 9.13 Å². The number of carbonyl (C=O) groups is 1. The molecule has 2 aromatic rings. The molecule has 9 heteroatoms. The van der Waals surface area contributed by atoms with Gasteiger partial charge in [0.25, 0.3) is 5.91 Å². The van der Waals surface area contributed by atoms with Crippen LogP contribution in [0.3, 0.4) is 0 Å². The van der Waals surface area contributed by atoms with Crippen molar-refractivity contribution in [2.24, 2.45) is 29.4 Å². The third kappa shape index (κ3) is 5.16. The Kier molecular flexibility index (Phi) is 8.33. The first kappa shape index (κ1) is 25.4. The normalized spacial score (nSPS) is 22.3. The minimum absolute atomic E-state index is 0.0405. The molecule has 1 aromatic heterocycles. The molecule has 184 valence electrons. The topological polar surface area (TPSA) is 143 Å². The van der Waals surface area contributed by atoms with Crippen molar-refractivity contribution in [2.45, 2.75) is 58.8 Å². The van der Waals surface area contributed by atoms with E-state index in [2.05, 4.69) is 26.1 Å². The maximum Gasteiger partial charge on any atom is 0.331 e. The molecule has 0 spiro atoms. The van der Waals surface area contributed by atoms with Gasteiger partial charge in [-0.1, -0.05) is 27.2 Å². The number of rotatable bonds is 9. The van der Waals surface area contributed by atoms with Gasteiger partial charge in [-0.15, -0.1) is 0 Å². The van der Waals surface area contributed by atoms with E-state index in [-0.39, 0.29) is 43.5 Å². The number of nitrogens with two attached hydrogens (primary N) is 1. The van der Waals surface area contributed by atoms with Crippen LogP contribution in [0.5, 0.6) is 0 Å². The minimum Gasteiger partial charge on any atom is -0.394 e. The SMILES string of the molecule is CC(C)[C@@H]1CC[C@@H](C)C[C@H]1[C@H](O)n1c(=O)n(CCN)c2cc(C(=O)NC(CO)CO)ccc21. The van der Waals surface area contributed by atoms with Crippen molar-refractivity contribution in [3.63, 3.8) is 0 Å². The molecule has 0 unspecified atom stereocenters. The van der Waals surface area contributed by atoms with Crippen molar-refractivity contribution in [2.75, 3.05) is 19.8 Å². The summed E-state index contributed by atoms with van der Waals surface area (Å²) < 4.78 is 2.95. The van der Waals surface area contributed by atoms with Gasteiger partial charge in [0, 0.05) is 24.6 Å². The molecule has 9 nitrogen and oxygen atoms in total. The first-order chi connectivity index (χ1) is 15.7. The summed E-state index contributed by atoms with van der Waals surface area (Å²) in [6.07, 6.45) is 2.03. The van der Waals surface area contributed by atoms with Crippen molar-refractivity contribution in [3.05, 3.63) is 34.2 Å².